The van der Waals surface area contributed by atoms with Gasteiger partial charge in [0.15, 0.2) is 5.16 Å². The number of para-hydroxylation sites is 2. The molecule has 2 fully saturated rings. The molecule has 0 spiro atoms. The van der Waals surface area contributed by atoms with Gasteiger partial charge in [-0.3, -0.25) is 9.36 Å². The molecular formula is C25H26N6O2S. The Labute approximate surface area is 201 Å². The number of nitrogens with zero attached hydrogens (tertiary/aromatic N) is 6. The van der Waals surface area contributed by atoms with Gasteiger partial charge in [0.25, 0.3) is 5.91 Å². The molecule has 1 saturated heterocycles. The first-order valence-electron chi connectivity index (χ1n) is 11.5. The van der Waals surface area contributed by atoms with E-state index in [1.807, 2.05) is 43.3 Å². The van der Waals surface area contributed by atoms with Crippen molar-refractivity contribution >= 4 is 28.7 Å². The van der Waals surface area contributed by atoms with Crippen molar-refractivity contribution in [1.82, 2.24) is 29.4 Å². The average Bonchev–Trinajstić information content (AvgIpc) is 3.19. The van der Waals surface area contributed by atoms with E-state index in [0.717, 1.165) is 39.7 Å². The van der Waals surface area contributed by atoms with Crippen molar-refractivity contribution in [3.05, 3.63) is 66.0 Å². The normalized spacial score (nSPS) is 21.2. The van der Waals surface area contributed by atoms with Crippen molar-refractivity contribution in [2.24, 2.45) is 11.8 Å². The van der Waals surface area contributed by atoms with Gasteiger partial charge >= 0.3 is 0 Å². The van der Waals surface area contributed by atoms with Crippen molar-refractivity contribution in [3.8, 4) is 5.69 Å². The Morgan fingerprint density at radius 3 is 2.82 bits per heavy atom. The lowest BCUT2D eigenvalue weighted by Crippen LogP contribution is -2.40. The van der Waals surface area contributed by atoms with Crippen LogP contribution in [0.5, 0.6) is 0 Å². The highest BCUT2D eigenvalue weighted by atomic mass is 32.2. The molecular weight excluding hydrogens is 448 g/mol. The zero-order valence-corrected chi connectivity index (χ0v) is 20.0. The Kier molecular flexibility index (Phi) is 5.38. The van der Waals surface area contributed by atoms with Crippen LogP contribution >= 0.6 is 11.8 Å². The number of amides is 1. The summed E-state index contributed by atoms with van der Waals surface area (Å²) in [7, 11) is 1.70. The van der Waals surface area contributed by atoms with Gasteiger partial charge in [0, 0.05) is 25.4 Å². The highest BCUT2D eigenvalue weighted by Crippen LogP contribution is 2.51. The molecule has 3 heterocycles. The number of benzene rings is 2. The van der Waals surface area contributed by atoms with E-state index in [1.165, 1.54) is 11.2 Å². The minimum absolute atomic E-state index is 0.0548. The van der Waals surface area contributed by atoms with E-state index >= 15 is 0 Å². The molecule has 3 atom stereocenters. The summed E-state index contributed by atoms with van der Waals surface area (Å²) in [6.07, 6.45) is 4.46. The summed E-state index contributed by atoms with van der Waals surface area (Å²) < 4.78 is 7.55. The third kappa shape index (κ3) is 3.69. The number of rotatable bonds is 7. The molecule has 2 aromatic heterocycles. The first kappa shape index (κ1) is 21.4. The topological polar surface area (TPSA) is 78.1 Å². The monoisotopic (exact) mass is 474 g/mol. The van der Waals surface area contributed by atoms with Gasteiger partial charge in [0.2, 0.25) is 0 Å². The number of likely N-dealkylation sites (tertiary alicyclic amines) is 1. The lowest BCUT2D eigenvalue weighted by atomic mass is 10.1. The maximum absolute atomic E-state index is 13.8. The second-order valence-electron chi connectivity index (χ2n) is 9.06. The molecule has 2 aliphatic rings. The van der Waals surface area contributed by atoms with Gasteiger partial charge in [-0.05, 0) is 49.4 Å². The standard InChI is InChI=1S/C25H26N6O2S/c1-16-7-8-21(31-26-9-10-27-31)19(11-16)24(32)29-13-17-12-18(17)23(29)14-34-25-28-20-5-3-4-6-22(20)30(25)15-33-2/h3-11,17-18,23H,12-15H2,1-2H3. The number of fused-ring (bicyclic) bond motifs is 2. The second-order valence-corrected chi connectivity index (χ2v) is 10.1. The van der Waals surface area contributed by atoms with Gasteiger partial charge in [-0.1, -0.05) is 35.5 Å². The number of aryl methyl sites for hydroxylation is 1. The minimum atomic E-state index is 0.0548. The summed E-state index contributed by atoms with van der Waals surface area (Å²) in [5.41, 5.74) is 4.44. The molecule has 34 heavy (non-hydrogen) atoms. The predicted octanol–water partition coefficient (Wildman–Crippen LogP) is 3.78. The number of ether oxygens (including phenoxy) is 1. The molecule has 0 radical (unpaired) electrons. The summed E-state index contributed by atoms with van der Waals surface area (Å²) in [6.45, 7) is 3.26. The number of hydrogen-bond acceptors (Lipinski definition) is 6. The van der Waals surface area contributed by atoms with E-state index in [1.54, 1.807) is 31.3 Å². The maximum atomic E-state index is 13.8. The molecule has 0 bridgehead atoms. The van der Waals surface area contributed by atoms with Gasteiger partial charge in [-0.2, -0.15) is 15.0 Å². The van der Waals surface area contributed by atoms with Crippen LogP contribution in [0.4, 0.5) is 0 Å². The minimum Gasteiger partial charge on any atom is -0.364 e. The second kappa shape index (κ2) is 8.56. The molecule has 1 amide bonds. The van der Waals surface area contributed by atoms with Gasteiger partial charge < -0.3 is 9.64 Å². The molecule has 1 saturated carbocycles. The molecule has 9 heteroatoms. The van der Waals surface area contributed by atoms with Crippen molar-refractivity contribution in [2.45, 2.75) is 31.3 Å². The van der Waals surface area contributed by atoms with E-state index in [9.17, 15) is 4.79 Å². The highest BCUT2D eigenvalue weighted by Gasteiger charge is 2.54. The fraction of sp³-hybridized carbons (Fsp3) is 0.360. The van der Waals surface area contributed by atoms with E-state index < -0.39 is 0 Å². The van der Waals surface area contributed by atoms with Gasteiger partial charge in [-0.25, -0.2) is 4.98 Å². The maximum Gasteiger partial charge on any atom is 0.256 e. The van der Waals surface area contributed by atoms with Crippen molar-refractivity contribution in [3.63, 3.8) is 0 Å². The average molecular weight is 475 g/mol. The van der Waals surface area contributed by atoms with Crippen LogP contribution in [0.2, 0.25) is 0 Å². The Bertz CT molecular complexity index is 1350. The molecule has 6 rings (SSSR count). The largest absolute Gasteiger partial charge is 0.364 e. The summed E-state index contributed by atoms with van der Waals surface area (Å²) in [5, 5.41) is 9.45. The van der Waals surface area contributed by atoms with Crippen LogP contribution in [-0.4, -0.2) is 60.8 Å². The van der Waals surface area contributed by atoms with E-state index in [4.69, 9.17) is 9.72 Å². The SMILES string of the molecule is COCn1c(SCC2C3CC3CN2C(=O)c2cc(C)ccc2-n2nccn2)nc2ccccc21. The third-order valence-electron chi connectivity index (χ3n) is 6.84. The smallest absolute Gasteiger partial charge is 0.256 e. The van der Waals surface area contributed by atoms with Crippen molar-refractivity contribution in [1.29, 1.82) is 0 Å². The Balaban J connectivity index is 1.27. The number of thioether (sulfide) groups is 1. The molecule has 1 aliphatic heterocycles. The summed E-state index contributed by atoms with van der Waals surface area (Å²) in [6, 6.07) is 14.2. The molecule has 0 N–H and O–H groups in total. The van der Waals surface area contributed by atoms with Crippen molar-refractivity contribution in [2.75, 3.05) is 19.4 Å². The molecule has 3 unspecified atom stereocenters. The van der Waals surface area contributed by atoms with Gasteiger partial charge in [0.1, 0.15) is 6.73 Å². The van der Waals surface area contributed by atoms with Crippen LogP contribution in [0.15, 0.2) is 60.0 Å². The van der Waals surface area contributed by atoms with E-state index in [2.05, 4.69) is 25.7 Å². The van der Waals surface area contributed by atoms with Crippen LogP contribution in [0, 0.1) is 18.8 Å². The highest BCUT2D eigenvalue weighted by molar-refractivity contribution is 7.99. The molecule has 8 nitrogen and oxygen atoms in total. The van der Waals surface area contributed by atoms with Crippen LogP contribution in [0.3, 0.4) is 0 Å². The first-order chi connectivity index (χ1) is 16.6. The van der Waals surface area contributed by atoms with Crippen LogP contribution < -0.4 is 0 Å². The predicted molar refractivity (Wildman–Crippen MR) is 130 cm³/mol. The first-order valence-corrected chi connectivity index (χ1v) is 12.5. The third-order valence-corrected chi connectivity index (χ3v) is 7.92. The number of carbonyl (C=O) groups excluding carboxylic acids is 1. The molecule has 1 aliphatic carbocycles. The summed E-state index contributed by atoms with van der Waals surface area (Å²) >= 11 is 1.71. The molecule has 2 aromatic carbocycles. The quantitative estimate of drug-likeness (QED) is 0.380. The Morgan fingerprint density at radius 1 is 1.18 bits per heavy atom. The van der Waals surface area contributed by atoms with Crippen LogP contribution in [0.25, 0.3) is 16.7 Å². The zero-order chi connectivity index (χ0) is 23.2. The Hall–Kier alpha value is -3.17. The van der Waals surface area contributed by atoms with E-state index in [-0.39, 0.29) is 11.9 Å². The van der Waals surface area contributed by atoms with Crippen LogP contribution in [0.1, 0.15) is 22.3 Å². The number of methoxy groups -OCH3 is 1. The number of piperidine rings is 1. The fourth-order valence-corrected chi connectivity index (χ4v) is 6.30. The lowest BCUT2D eigenvalue weighted by Gasteiger charge is -2.28. The van der Waals surface area contributed by atoms with Crippen LogP contribution in [-0.2, 0) is 11.5 Å². The summed E-state index contributed by atoms with van der Waals surface area (Å²) in [4.78, 5) is 22.3. The molecule has 4 aromatic rings. The molecule has 174 valence electrons. The number of hydrogen-bond donors (Lipinski definition) is 0. The number of imidazole rings is 1. The van der Waals surface area contributed by atoms with E-state index in [0.29, 0.717) is 24.1 Å². The zero-order valence-electron chi connectivity index (χ0n) is 19.2. The van der Waals surface area contributed by atoms with Gasteiger partial charge in [-0.15, -0.1) is 0 Å². The summed E-state index contributed by atoms with van der Waals surface area (Å²) in [5.74, 6) is 2.02. The Morgan fingerprint density at radius 2 is 2.00 bits per heavy atom. The number of aromatic nitrogens is 5. The lowest BCUT2D eigenvalue weighted by molar-refractivity contribution is 0.0722. The fourth-order valence-electron chi connectivity index (χ4n) is 5.09. The van der Waals surface area contributed by atoms with Gasteiger partial charge in [0.05, 0.1) is 34.7 Å². The van der Waals surface area contributed by atoms with Crippen molar-refractivity contribution < 1.29 is 9.53 Å². The number of carbonyl (C=O) groups is 1.